The summed E-state index contributed by atoms with van der Waals surface area (Å²) >= 11 is 0. The topological polar surface area (TPSA) is 84.3 Å². The van der Waals surface area contributed by atoms with Crippen LogP contribution < -0.4 is 10.1 Å². The molecule has 0 aliphatic heterocycles. The monoisotopic (exact) mass is 279 g/mol. The van der Waals surface area contributed by atoms with Crippen LogP contribution in [0.15, 0.2) is 12.4 Å². The number of aliphatic carboxylic acids is 1. The van der Waals surface area contributed by atoms with Gasteiger partial charge in [-0.1, -0.05) is 6.92 Å². The first-order chi connectivity index (χ1) is 9.69. The van der Waals surface area contributed by atoms with Gasteiger partial charge < -0.3 is 15.2 Å². The molecule has 1 aliphatic rings. The van der Waals surface area contributed by atoms with Crippen molar-refractivity contribution in [3.05, 3.63) is 12.4 Å². The molecule has 1 heterocycles. The fourth-order valence-electron chi connectivity index (χ4n) is 2.39. The molecule has 1 saturated carbocycles. The van der Waals surface area contributed by atoms with E-state index >= 15 is 0 Å². The third-order valence-corrected chi connectivity index (χ3v) is 3.49. The van der Waals surface area contributed by atoms with Crippen LogP contribution in [0.1, 0.15) is 39.0 Å². The minimum absolute atomic E-state index is 0.196. The van der Waals surface area contributed by atoms with Gasteiger partial charge in [0.25, 0.3) is 0 Å². The second-order valence-electron chi connectivity index (χ2n) is 5.12. The highest BCUT2D eigenvalue weighted by Gasteiger charge is 2.25. The van der Waals surface area contributed by atoms with E-state index in [1.54, 1.807) is 12.4 Å². The second-order valence-corrected chi connectivity index (χ2v) is 5.12. The van der Waals surface area contributed by atoms with Crippen LogP contribution in [0.5, 0.6) is 5.88 Å². The van der Waals surface area contributed by atoms with Gasteiger partial charge >= 0.3 is 5.97 Å². The first kappa shape index (κ1) is 14.6. The van der Waals surface area contributed by atoms with E-state index < -0.39 is 5.97 Å². The predicted octanol–water partition coefficient (Wildman–Crippen LogP) is 2.32. The SMILES string of the molecule is CCCOc1cncc(NC2CCC(C(=O)O)CC2)n1. The fraction of sp³-hybridized carbons (Fsp3) is 0.643. The zero-order chi connectivity index (χ0) is 14.4. The van der Waals surface area contributed by atoms with Crippen molar-refractivity contribution in [2.24, 2.45) is 5.92 Å². The molecule has 6 nitrogen and oxygen atoms in total. The largest absolute Gasteiger partial charge is 0.481 e. The van der Waals surface area contributed by atoms with Gasteiger partial charge in [0.05, 0.1) is 24.9 Å². The highest BCUT2D eigenvalue weighted by Crippen LogP contribution is 2.26. The maximum absolute atomic E-state index is 10.9. The van der Waals surface area contributed by atoms with E-state index in [-0.39, 0.29) is 12.0 Å². The first-order valence-electron chi connectivity index (χ1n) is 7.13. The third kappa shape index (κ3) is 4.08. The minimum Gasteiger partial charge on any atom is -0.481 e. The predicted molar refractivity (Wildman–Crippen MR) is 74.8 cm³/mol. The van der Waals surface area contributed by atoms with Gasteiger partial charge in [-0.15, -0.1) is 0 Å². The second kappa shape index (κ2) is 7.07. The number of anilines is 1. The van der Waals surface area contributed by atoms with Gasteiger partial charge in [-0.25, -0.2) is 0 Å². The van der Waals surface area contributed by atoms with Crippen molar-refractivity contribution in [2.75, 3.05) is 11.9 Å². The molecule has 1 aromatic rings. The van der Waals surface area contributed by atoms with E-state index in [1.807, 2.05) is 6.92 Å². The van der Waals surface area contributed by atoms with Crippen LogP contribution in [0.4, 0.5) is 5.82 Å². The summed E-state index contributed by atoms with van der Waals surface area (Å²) in [7, 11) is 0. The van der Waals surface area contributed by atoms with Crippen molar-refractivity contribution < 1.29 is 14.6 Å². The lowest BCUT2D eigenvalue weighted by atomic mass is 9.86. The lowest BCUT2D eigenvalue weighted by Crippen LogP contribution is -2.29. The minimum atomic E-state index is -0.682. The van der Waals surface area contributed by atoms with Gasteiger partial charge in [-0.05, 0) is 32.1 Å². The molecule has 0 radical (unpaired) electrons. The number of aromatic nitrogens is 2. The standard InChI is InChI=1S/C14H21N3O3/c1-2-7-20-13-9-15-8-12(17-13)16-11-5-3-10(4-6-11)14(18)19/h8-11H,2-7H2,1H3,(H,16,17)(H,18,19). The molecule has 0 saturated heterocycles. The van der Waals surface area contributed by atoms with Crippen LogP contribution in [0, 0.1) is 5.92 Å². The number of carbonyl (C=O) groups is 1. The van der Waals surface area contributed by atoms with Crippen LogP contribution in [0.3, 0.4) is 0 Å². The molecular weight excluding hydrogens is 258 g/mol. The third-order valence-electron chi connectivity index (χ3n) is 3.49. The first-order valence-corrected chi connectivity index (χ1v) is 7.13. The Hall–Kier alpha value is -1.85. The Morgan fingerprint density at radius 1 is 1.40 bits per heavy atom. The van der Waals surface area contributed by atoms with Crippen molar-refractivity contribution in [1.29, 1.82) is 0 Å². The number of hydrogen-bond donors (Lipinski definition) is 2. The summed E-state index contributed by atoms with van der Waals surface area (Å²) in [6, 6.07) is 0.265. The van der Waals surface area contributed by atoms with Crippen molar-refractivity contribution in [3.63, 3.8) is 0 Å². The average molecular weight is 279 g/mol. The normalized spacial score (nSPS) is 22.2. The summed E-state index contributed by atoms with van der Waals surface area (Å²) in [6.07, 6.45) is 7.32. The molecule has 6 heteroatoms. The van der Waals surface area contributed by atoms with Crippen LogP contribution in [0.25, 0.3) is 0 Å². The Kier molecular flexibility index (Phi) is 5.15. The van der Waals surface area contributed by atoms with E-state index in [2.05, 4.69) is 15.3 Å². The summed E-state index contributed by atoms with van der Waals surface area (Å²) in [5, 5.41) is 12.3. The fourth-order valence-corrected chi connectivity index (χ4v) is 2.39. The Bertz CT molecular complexity index is 445. The maximum atomic E-state index is 10.9. The van der Waals surface area contributed by atoms with Crippen LogP contribution in [-0.4, -0.2) is 33.7 Å². The van der Waals surface area contributed by atoms with E-state index in [0.717, 1.165) is 19.3 Å². The molecule has 0 spiro atoms. The highest BCUT2D eigenvalue weighted by molar-refractivity contribution is 5.70. The molecule has 0 aromatic carbocycles. The number of carboxylic acids is 1. The van der Waals surface area contributed by atoms with Gasteiger partial charge in [0.1, 0.15) is 5.82 Å². The maximum Gasteiger partial charge on any atom is 0.306 e. The number of nitrogens with zero attached hydrogens (tertiary/aromatic N) is 2. The number of nitrogens with one attached hydrogen (secondary N) is 1. The summed E-state index contributed by atoms with van der Waals surface area (Å²) in [4.78, 5) is 19.4. The molecule has 0 bridgehead atoms. The van der Waals surface area contributed by atoms with Crippen molar-refractivity contribution in [1.82, 2.24) is 9.97 Å². The summed E-state index contributed by atoms with van der Waals surface area (Å²) in [5.74, 6) is 0.338. The van der Waals surface area contributed by atoms with Crippen molar-refractivity contribution in [2.45, 2.75) is 45.1 Å². The average Bonchev–Trinajstić information content (AvgIpc) is 2.46. The number of ether oxygens (including phenoxy) is 1. The molecule has 110 valence electrons. The van der Waals surface area contributed by atoms with E-state index in [0.29, 0.717) is 31.1 Å². The van der Waals surface area contributed by atoms with Gasteiger partial charge in [0, 0.05) is 6.04 Å². The molecule has 1 fully saturated rings. The molecule has 0 atom stereocenters. The highest BCUT2D eigenvalue weighted by atomic mass is 16.5. The van der Waals surface area contributed by atoms with Gasteiger partial charge in [-0.2, -0.15) is 4.98 Å². The molecule has 0 unspecified atom stereocenters. The Labute approximate surface area is 118 Å². The molecule has 2 N–H and O–H groups in total. The van der Waals surface area contributed by atoms with E-state index in [4.69, 9.17) is 9.84 Å². The lowest BCUT2D eigenvalue weighted by molar-refractivity contribution is -0.142. The molecule has 20 heavy (non-hydrogen) atoms. The Morgan fingerprint density at radius 2 is 2.15 bits per heavy atom. The quantitative estimate of drug-likeness (QED) is 0.831. The molecule has 1 aromatic heterocycles. The Balaban J connectivity index is 1.86. The van der Waals surface area contributed by atoms with Crippen molar-refractivity contribution >= 4 is 11.8 Å². The van der Waals surface area contributed by atoms with Gasteiger partial charge in [0.2, 0.25) is 5.88 Å². The van der Waals surface area contributed by atoms with Crippen LogP contribution >= 0.6 is 0 Å². The van der Waals surface area contributed by atoms with Crippen LogP contribution in [0.2, 0.25) is 0 Å². The molecule has 0 amide bonds. The molecule has 2 rings (SSSR count). The number of hydrogen-bond acceptors (Lipinski definition) is 5. The van der Waals surface area contributed by atoms with Crippen molar-refractivity contribution in [3.8, 4) is 5.88 Å². The summed E-state index contributed by atoms with van der Waals surface area (Å²) in [5.41, 5.74) is 0. The molecule has 1 aliphatic carbocycles. The van der Waals surface area contributed by atoms with E-state index in [9.17, 15) is 4.79 Å². The lowest BCUT2D eigenvalue weighted by Gasteiger charge is -2.27. The summed E-state index contributed by atoms with van der Waals surface area (Å²) < 4.78 is 5.44. The smallest absolute Gasteiger partial charge is 0.306 e. The van der Waals surface area contributed by atoms with E-state index in [1.165, 1.54) is 0 Å². The van der Waals surface area contributed by atoms with Gasteiger partial charge in [0.15, 0.2) is 0 Å². The molecular formula is C14H21N3O3. The zero-order valence-corrected chi connectivity index (χ0v) is 11.7. The van der Waals surface area contributed by atoms with Gasteiger partial charge in [-0.3, -0.25) is 9.78 Å². The van der Waals surface area contributed by atoms with Crippen LogP contribution in [-0.2, 0) is 4.79 Å². The number of carboxylic acid groups (broad SMARTS) is 1. The summed E-state index contributed by atoms with van der Waals surface area (Å²) in [6.45, 7) is 2.66. The zero-order valence-electron chi connectivity index (χ0n) is 11.7. The Morgan fingerprint density at radius 3 is 2.80 bits per heavy atom. The number of rotatable bonds is 6.